The van der Waals surface area contributed by atoms with E-state index in [4.69, 9.17) is 0 Å². The summed E-state index contributed by atoms with van der Waals surface area (Å²) in [4.78, 5) is 0. The van der Waals surface area contributed by atoms with Gasteiger partial charge in [-0.15, -0.1) is 0 Å². The highest BCUT2D eigenvalue weighted by Crippen LogP contribution is 2.18. The summed E-state index contributed by atoms with van der Waals surface area (Å²) in [5.74, 6) is 0. The zero-order chi connectivity index (χ0) is 13.1. The van der Waals surface area contributed by atoms with E-state index in [-0.39, 0.29) is 0 Å². The van der Waals surface area contributed by atoms with E-state index in [2.05, 4.69) is 82.7 Å². The van der Waals surface area contributed by atoms with Crippen molar-refractivity contribution in [3.05, 3.63) is 82.3 Å². The Hall–Kier alpha value is -1.60. The maximum atomic E-state index is 3.52. The molecule has 0 radical (unpaired) electrons. The number of fused-ring (bicyclic) bond motifs is 1. The number of hydrogen-bond donors (Lipinski definition) is 0. The minimum absolute atomic E-state index is 1.08. The van der Waals surface area contributed by atoms with Gasteiger partial charge in [-0.3, -0.25) is 0 Å². The Balaban J connectivity index is 1.78. The van der Waals surface area contributed by atoms with Crippen LogP contribution < -0.4 is 0 Å². The first-order valence-electron chi connectivity index (χ1n) is 6.53. The second-order valence-electron chi connectivity index (χ2n) is 4.81. The highest BCUT2D eigenvalue weighted by atomic mass is 79.9. The summed E-state index contributed by atoms with van der Waals surface area (Å²) in [6.45, 7) is 0. The van der Waals surface area contributed by atoms with Crippen LogP contribution in [0.25, 0.3) is 10.8 Å². The van der Waals surface area contributed by atoms with Crippen LogP contribution in [0.4, 0.5) is 0 Å². The van der Waals surface area contributed by atoms with Gasteiger partial charge in [0.1, 0.15) is 0 Å². The lowest BCUT2D eigenvalue weighted by molar-refractivity contribution is 0.961. The summed E-state index contributed by atoms with van der Waals surface area (Å²) >= 11 is 3.52. The van der Waals surface area contributed by atoms with Crippen molar-refractivity contribution >= 4 is 26.7 Å². The lowest BCUT2D eigenvalue weighted by atomic mass is 10.0. The van der Waals surface area contributed by atoms with Gasteiger partial charge in [-0.25, -0.2) is 0 Å². The van der Waals surface area contributed by atoms with Crippen LogP contribution >= 0.6 is 15.9 Å². The van der Waals surface area contributed by atoms with Gasteiger partial charge < -0.3 is 0 Å². The highest BCUT2D eigenvalue weighted by molar-refractivity contribution is 9.10. The van der Waals surface area contributed by atoms with Crippen molar-refractivity contribution in [3.63, 3.8) is 0 Å². The molecule has 0 amide bonds. The van der Waals surface area contributed by atoms with Gasteiger partial charge >= 0.3 is 0 Å². The van der Waals surface area contributed by atoms with Crippen LogP contribution in [0.5, 0.6) is 0 Å². The van der Waals surface area contributed by atoms with Crippen LogP contribution in [-0.4, -0.2) is 0 Å². The molecule has 1 heteroatoms. The third kappa shape index (κ3) is 3.05. The van der Waals surface area contributed by atoms with E-state index in [1.165, 1.54) is 21.9 Å². The van der Waals surface area contributed by atoms with Crippen molar-refractivity contribution in [3.8, 4) is 0 Å². The quantitative estimate of drug-likeness (QED) is 0.608. The highest BCUT2D eigenvalue weighted by Gasteiger charge is 1.98. The molecule has 0 aromatic heterocycles. The van der Waals surface area contributed by atoms with Gasteiger partial charge in [0.15, 0.2) is 0 Å². The van der Waals surface area contributed by atoms with Crippen LogP contribution in [-0.2, 0) is 12.8 Å². The van der Waals surface area contributed by atoms with E-state index in [1.807, 2.05) is 0 Å². The van der Waals surface area contributed by atoms with Crippen LogP contribution in [0.3, 0.4) is 0 Å². The SMILES string of the molecule is Brc1cccc(CCc2ccc3ccccc3c2)c1. The third-order valence-electron chi connectivity index (χ3n) is 3.41. The molecular formula is C18H15Br. The minimum atomic E-state index is 1.08. The average Bonchev–Trinajstić information content (AvgIpc) is 2.45. The average molecular weight is 311 g/mol. The first kappa shape index (κ1) is 12.4. The molecule has 94 valence electrons. The van der Waals surface area contributed by atoms with Crippen LogP contribution in [0.1, 0.15) is 11.1 Å². The molecule has 0 atom stereocenters. The van der Waals surface area contributed by atoms with Gasteiger partial charge in [0.25, 0.3) is 0 Å². The van der Waals surface area contributed by atoms with Gasteiger partial charge in [0.2, 0.25) is 0 Å². The molecule has 0 aliphatic heterocycles. The summed E-state index contributed by atoms with van der Waals surface area (Å²) in [6.07, 6.45) is 2.17. The monoisotopic (exact) mass is 310 g/mol. The van der Waals surface area contributed by atoms with Crippen LogP contribution in [0, 0.1) is 0 Å². The first-order valence-corrected chi connectivity index (χ1v) is 7.33. The summed E-state index contributed by atoms with van der Waals surface area (Å²) < 4.78 is 1.16. The van der Waals surface area contributed by atoms with Gasteiger partial charge in [-0.1, -0.05) is 70.5 Å². The van der Waals surface area contributed by atoms with E-state index in [9.17, 15) is 0 Å². The molecule has 0 N–H and O–H groups in total. The third-order valence-corrected chi connectivity index (χ3v) is 3.90. The number of halogens is 1. The van der Waals surface area contributed by atoms with E-state index in [1.54, 1.807) is 0 Å². The Morgan fingerprint density at radius 2 is 1.37 bits per heavy atom. The van der Waals surface area contributed by atoms with Crippen molar-refractivity contribution in [2.45, 2.75) is 12.8 Å². The molecule has 0 unspecified atom stereocenters. The summed E-state index contributed by atoms with van der Waals surface area (Å²) in [5.41, 5.74) is 2.78. The summed E-state index contributed by atoms with van der Waals surface area (Å²) in [6, 6.07) is 23.8. The molecule has 3 rings (SSSR count). The molecule has 19 heavy (non-hydrogen) atoms. The van der Waals surface area contributed by atoms with E-state index < -0.39 is 0 Å². The fourth-order valence-electron chi connectivity index (χ4n) is 2.38. The Kier molecular flexibility index (Phi) is 3.65. The molecule has 0 saturated heterocycles. The molecule has 0 aliphatic rings. The molecule has 0 spiro atoms. The van der Waals surface area contributed by atoms with Crippen molar-refractivity contribution in [2.24, 2.45) is 0 Å². The van der Waals surface area contributed by atoms with Crippen molar-refractivity contribution < 1.29 is 0 Å². The number of aryl methyl sites for hydroxylation is 2. The lowest BCUT2D eigenvalue weighted by Crippen LogP contribution is -1.91. The van der Waals surface area contributed by atoms with Gasteiger partial charge in [0.05, 0.1) is 0 Å². The fourth-order valence-corrected chi connectivity index (χ4v) is 2.82. The molecule has 0 fully saturated rings. The molecule has 0 heterocycles. The number of rotatable bonds is 3. The van der Waals surface area contributed by atoms with E-state index in [0.717, 1.165) is 17.3 Å². The predicted molar refractivity (Wildman–Crippen MR) is 85.5 cm³/mol. The Morgan fingerprint density at radius 1 is 0.632 bits per heavy atom. The summed E-state index contributed by atoms with van der Waals surface area (Å²) in [5, 5.41) is 2.64. The van der Waals surface area contributed by atoms with Gasteiger partial charge in [-0.2, -0.15) is 0 Å². The Morgan fingerprint density at radius 3 is 2.16 bits per heavy atom. The second kappa shape index (κ2) is 5.58. The predicted octanol–water partition coefficient (Wildman–Crippen LogP) is 5.39. The lowest BCUT2D eigenvalue weighted by Gasteiger charge is -2.05. The minimum Gasteiger partial charge on any atom is -0.0616 e. The zero-order valence-corrected chi connectivity index (χ0v) is 12.2. The Labute approximate surface area is 122 Å². The normalized spacial score (nSPS) is 10.8. The van der Waals surface area contributed by atoms with E-state index >= 15 is 0 Å². The molecule has 0 saturated carbocycles. The fraction of sp³-hybridized carbons (Fsp3) is 0.111. The molecule has 0 aliphatic carbocycles. The Bertz CT molecular complexity index is 701. The van der Waals surface area contributed by atoms with Gasteiger partial charge in [0, 0.05) is 4.47 Å². The number of hydrogen-bond acceptors (Lipinski definition) is 0. The molecule has 3 aromatic carbocycles. The van der Waals surface area contributed by atoms with Crippen molar-refractivity contribution in [2.75, 3.05) is 0 Å². The van der Waals surface area contributed by atoms with Gasteiger partial charge in [-0.05, 0) is 46.9 Å². The number of benzene rings is 3. The maximum absolute atomic E-state index is 3.52. The second-order valence-corrected chi connectivity index (χ2v) is 5.73. The van der Waals surface area contributed by atoms with Crippen LogP contribution in [0.15, 0.2) is 71.2 Å². The zero-order valence-electron chi connectivity index (χ0n) is 10.6. The van der Waals surface area contributed by atoms with E-state index in [0.29, 0.717) is 0 Å². The first-order chi connectivity index (χ1) is 9.31. The topological polar surface area (TPSA) is 0 Å². The smallest absolute Gasteiger partial charge is 0.0177 e. The molecule has 3 aromatic rings. The van der Waals surface area contributed by atoms with Crippen molar-refractivity contribution in [1.82, 2.24) is 0 Å². The van der Waals surface area contributed by atoms with Crippen LogP contribution in [0.2, 0.25) is 0 Å². The molecule has 0 bridgehead atoms. The summed E-state index contributed by atoms with van der Waals surface area (Å²) in [7, 11) is 0. The standard InChI is InChI=1S/C18H15Br/c19-18-7-3-4-14(13-18)8-9-15-10-11-16-5-1-2-6-17(16)12-15/h1-7,10-13H,8-9H2. The largest absolute Gasteiger partial charge is 0.0616 e. The maximum Gasteiger partial charge on any atom is 0.0177 e. The van der Waals surface area contributed by atoms with Crippen molar-refractivity contribution in [1.29, 1.82) is 0 Å². The molecule has 0 nitrogen and oxygen atoms in total. The molecular weight excluding hydrogens is 296 g/mol.